The van der Waals surface area contributed by atoms with Gasteiger partial charge in [0.1, 0.15) is 0 Å². The number of unbranched alkanes of at least 4 members (excludes halogenated alkanes) is 3. The Morgan fingerprint density at radius 1 is 1.06 bits per heavy atom. The number of aliphatic hydroxyl groups is 1. The first-order chi connectivity index (χ1) is 7.73. The van der Waals surface area contributed by atoms with Crippen molar-refractivity contribution in [3.05, 3.63) is 0 Å². The van der Waals surface area contributed by atoms with Crippen LogP contribution in [0.5, 0.6) is 0 Å². The van der Waals surface area contributed by atoms with Crippen LogP contribution in [0.2, 0.25) is 0 Å². The Labute approximate surface area is 102 Å². The van der Waals surface area contributed by atoms with Crippen molar-refractivity contribution in [3.8, 4) is 0 Å². The first kappa shape index (κ1) is 14.0. The average molecular weight is 226 g/mol. The van der Waals surface area contributed by atoms with Crippen LogP contribution in [0.25, 0.3) is 0 Å². The third kappa shape index (κ3) is 4.08. The molecule has 0 radical (unpaired) electrons. The molecule has 16 heavy (non-hydrogen) atoms. The van der Waals surface area contributed by atoms with E-state index in [4.69, 9.17) is 0 Å². The van der Waals surface area contributed by atoms with Crippen LogP contribution in [0.4, 0.5) is 0 Å². The molecular weight excluding hydrogens is 196 g/mol. The van der Waals surface area contributed by atoms with Crippen LogP contribution in [0.3, 0.4) is 0 Å². The third-order valence-corrected chi connectivity index (χ3v) is 4.29. The van der Waals surface area contributed by atoms with Gasteiger partial charge in [-0.1, -0.05) is 58.8 Å². The predicted octanol–water partition coefficient (Wildman–Crippen LogP) is 4.68. The fourth-order valence-corrected chi connectivity index (χ4v) is 3.17. The van der Waals surface area contributed by atoms with Crippen LogP contribution < -0.4 is 0 Å². The van der Waals surface area contributed by atoms with Crippen molar-refractivity contribution in [1.82, 2.24) is 0 Å². The maximum Gasteiger partial charge on any atom is 0.0675 e. The summed E-state index contributed by atoms with van der Waals surface area (Å²) in [6.07, 6.45) is 13.5. The summed E-state index contributed by atoms with van der Waals surface area (Å²) in [7, 11) is 0. The highest BCUT2D eigenvalue weighted by atomic mass is 16.3. The summed E-state index contributed by atoms with van der Waals surface area (Å²) < 4.78 is 0. The Morgan fingerprint density at radius 3 is 2.50 bits per heavy atom. The second-order valence-electron chi connectivity index (χ2n) is 5.65. The molecular formula is C15H30O. The summed E-state index contributed by atoms with van der Waals surface area (Å²) in [4.78, 5) is 0. The van der Waals surface area contributed by atoms with E-state index in [2.05, 4.69) is 13.8 Å². The van der Waals surface area contributed by atoms with Gasteiger partial charge in [0.25, 0.3) is 0 Å². The van der Waals surface area contributed by atoms with E-state index in [9.17, 15) is 5.11 Å². The summed E-state index contributed by atoms with van der Waals surface area (Å²) in [5.74, 6) is 0.595. The van der Waals surface area contributed by atoms with Crippen molar-refractivity contribution in [1.29, 1.82) is 0 Å². The SMILES string of the molecule is CCCCCC1(O)CCCCC1CCCC. The van der Waals surface area contributed by atoms with Gasteiger partial charge in [0.05, 0.1) is 5.60 Å². The Morgan fingerprint density at radius 2 is 1.81 bits per heavy atom. The van der Waals surface area contributed by atoms with E-state index in [0.29, 0.717) is 5.92 Å². The van der Waals surface area contributed by atoms with E-state index < -0.39 is 0 Å². The van der Waals surface area contributed by atoms with Gasteiger partial charge in [0.2, 0.25) is 0 Å². The molecule has 1 aliphatic rings. The largest absolute Gasteiger partial charge is 0.390 e. The molecule has 0 amide bonds. The lowest BCUT2D eigenvalue weighted by Crippen LogP contribution is -2.40. The topological polar surface area (TPSA) is 20.2 Å². The molecule has 1 rings (SSSR count). The van der Waals surface area contributed by atoms with Crippen molar-refractivity contribution in [2.75, 3.05) is 0 Å². The molecule has 0 bridgehead atoms. The van der Waals surface area contributed by atoms with Gasteiger partial charge in [0, 0.05) is 0 Å². The maximum atomic E-state index is 10.8. The van der Waals surface area contributed by atoms with Gasteiger partial charge in [-0.2, -0.15) is 0 Å². The molecule has 1 heteroatoms. The Hall–Kier alpha value is -0.0400. The zero-order valence-corrected chi connectivity index (χ0v) is 11.3. The highest BCUT2D eigenvalue weighted by Crippen LogP contribution is 2.40. The van der Waals surface area contributed by atoms with Gasteiger partial charge in [-0.25, -0.2) is 0 Å². The van der Waals surface area contributed by atoms with Crippen LogP contribution in [-0.4, -0.2) is 10.7 Å². The minimum atomic E-state index is -0.303. The number of hydrogen-bond acceptors (Lipinski definition) is 1. The summed E-state index contributed by atoms with van der Waals surface area (Å²) in [5.41, 5.74) is -0.303. The molecule has 0 spiro atoms. The summed E-state index contributed by atoms with van der Waals surface area (Å²) in [5, 5.41) is 10.8. The standard InChI is InChI=1S/C15H30O/c1-3-5-8-12-15(16)13-9-7-11-14(15)10-6-4-2/h14,16H,3-13H2,1-2H3. The molecule has 0 aromatic carbocycles. The van der Waals surface area contributed by atoms with Gasteiger partial charge in [0.15, 0.2) is 0 Å². The van der Waals surface area contributed by atoms with Crippen molar-refractivity contribution in [2.45, 2.75) is 90.1 Å². The average Bonchev–Trinajstić information content (AvgIpc) is 2.28. The fourth-order valence-electron chi connectivity index (χ4n) is 3.17. The van der Waals surface area contributed by atoms with Crippen molar-refractivity contribution >= 4 is 0 Å². The van der Waals surface area contributed by atoms with Gasteiger partial charge in [-0.15, -0.1) is 0 Å². The normalized spacial score (nSPS) is 30.6. The molecule has 0 aliphatic heterocycles. The summed E-state index contributed by atoms with van der Waals surface area (Å²) in [6.45, 7) is 4.48. The van der Waals surface area contributed by atoms with E-state index >= 15 is 0 Å². The fraction of sp³-hybridized carbons (Fsp3) is 1.00. The van der Waals surface area contributed by atoms with Crippen molar-refractivity contribution < 1.29 is 5.11 Å². The van der Waals surface area contributed by atoms with E-state index in [1.54, 1.807) is 0 Å². The van der Waals surface area contributed by atoms with Gasteiger partial charge in [-0.05, 0) is 31.6 Å². The van der Waals surface area contributed by atoms with Crippen LogP contribution in [-0.2, 0) is 0 Å². The van der Waals surface area contributed by atoms with E-state index in [1.807, 2.05) is 0 Å². The molecule has 0 saturated heterocycles. The zero-order valence-electron chi connectivity index (χ0n) is 11.3. The van der Waals surface area contributed by atoms with Crippen LogP contribution in [0.15, 0.2) is 0 Å². The molecule has 1 fully saturated rings. The second kappa shape index (κ2) is 7.32. The molecule has 1 nitrogen and oxygen atoms in total. The Bertz CT molecular complexity index is 178. The Balaban J connectivity index is 2.42. The molecule has 0 aromatic heterocycles. The van der Waals surface area contributed by atoms with E-state index in [0.717, 1.165) is 12.8 Å². The maximum absolute atomic E-state index is 10.8. The van der Waals surface area contributed by atoms with Crippen LogP contribution in [0, 0.1) is 5.92 Å². The number of rotatable bonds is 7. The van der Waals surface area contributed by atoms with Gasteiger partial charge in [-0.3, -0.25) is 0 Å². The van der Waals surface area contributed by atoms with Crippen molar-refractivity contribution in [3.63, 3.8) is 0 Å². The molecule has 1 saturated carbocycles. The predicted molar refractivity (Wildman–Crippen MR) is 70.6 cm³/mol. The number of hydrogen-bond donors (Lipinski definition) is 1. The van der Waals surface area contributed by atoms with E-state index in [-0.39, 0.29) is 5.60 Å². The molecule has 0 aromatic rings. The lowest BCUT2D eigenvalue weighted by molar-refractivity contribution is -0.0601. The Kier molecular flexibility index (Phi) is 6.41. The molecule has 1 aliphatic carbocycles. The minimum absolute atomic E-state index is 0.303. The van der Waals surface area contributed by atoms with Gasteiger partial charge >= 0.3 is 0 Å². The second-order valence-corrected chi connectivity index (χ2v) is 5.65. The highest BCUT2D eigenvalue weighted by Gasteiger charge is 2.37. The lowest BCUT2D eigenvalue weighted by atomic mass is 9.71. The quantitative estimate of drug-likeness (QED) is 0.625. The summed E-state index contributed by atoms with van der Waals surface area (Å²) >= 11 is 0. The third-order valence-electron chi connectivity index (χ3n) is 4.29. The molecule has 96 valence electrons. The zero-order chi connectivity index (χ0) is 11.9. The minimum Gasteiger partial charge on any atom is -0.390 e. The van der Waals surface area contributed by atoms with Crippen molar-refractivity contribution in [2.24, 2.45) is 5.92 Å². The molecule has 2 unspecified atom stereocenters. The summed E-state index contributed by atoms with van der Waals surface area (Å²) in [6, 6.07) is 0. The molecule has 0 heterocycles. The van der Waals surface area contributed by atoms with Crippen LogP contribution in [0.1, 0.15) is 84.5 Å². The molecule has 1 N–H and O–H groups in total. The van der Waals surface area contributed by atoms with Gasteiger partial charge < -0.3 is 5.11 Å². The van der Waals surface area contributed by atoms with Crippen LogP contribution >= 0.6 is 0 Å². The first-order valence-electron chi connectivity index (χ1n) is 7.45. The first-order valence-corrected chi connectivity index (χ1v) is 7.45. The smallest absolute Gasteiger partial charge is 0.0675 e. The molecule has 2 atom stereocenters. The van der Waals surface area contributed by atoms with E-state index in [1.165, 1.54) is 57.8 Å². The lowest BCUT2D eigenvalue weighted by Gasteiger charge is -2.40. The highest BCUT2D eigenvalue weighted by molar-refractivity contribution is 4.89. The monoisotopic (exact) mass is 226 g/mol.